The first-order valence-electron chi connectivity index (χ1n) is 6.81. The summed E-state index contributed by atoms with van der Waals surface area (Å²) in [6.45, 7) is 0.525. The zero-order valence-electron chi connectivity index (χ0n) is 11.7. The molecule has 0 atom stereocenters. The minimum atomic E-state index is -0.766. The molecule has 0 saturated heterocycles. The molecular weight excluding hydrogens is 268 g/mol. The molecule has 0 radical (unpaired) electrons. The Hall–Kier alpha value is -2.56. The van der Waals surface area contributed by atoms with Crippen molar-refractivity contribution in [1.29, 1.82) is 0 Å². The van der Waals surface area contributed by atoms with Gasteiger partial charge in [0, 0.05) is 6.42 Å². The number of rotatable bonds is 7. The molecule has 0 saturated carbocycles. The number of hydrogen-bond acceptors (Lipinski definition) is 4. The van der Waals surface area contributed by atoms with Crippen LogP contribution in [0.5, 0.6) is 5.75 Å². The summed E-state index contributed by atoms with van der Waals surface area (Å²) >= 11 is 0. The second-order valence-corrected chi connectivity index (χ2v) is 4.75. The Labute approximate surface area is 123 Å². The minimum Gasteiger partial charge on any atom is -0.494 e. The van der Waals surface area contributed by atoms with Gasteiger partial charge in [0.2, 0.25) is 0 Å². The number of nitrogens with zero attached hydrogens (tertiary/aromatic N) is 1. The highest BCUT2D eigenvalue weighted by atomic mass is 16.5. The fourth-order valence-electron chi connectivity index (χ4n) is 2.07. The molecule has 0 aliphatic heterocycles. The third-order valence-electron chi connectivity index (χ3n) is 3.11. The molecule has 0 fully saturated rings. The zero-order chi connectivity index (χ0) is 15.1. The largest absolute Gasteiger partial charge is 0.494 e. The number of carboxylic acid groups (broad SMARTS) is 1. The van der Waals surface area contributed by atoms with E-state index in [0.717, 1.165) is 28.5 Å². The van der Waals surface area contributed by atoms with Gasteiger partial charge in [-0.15, -0.1) is 0 Å². The number of benzene rings is 2. The molecule has 110 valence electrons. The third-order valence-corrected chi connectivity index (χ3v) is 3.11. The van der Waals surface area contributed by atoms with E-state index in [9.17, 15) is 4.79 Å². The van der Waals surface area contributed by atoms with Crippen LogP contribution in [0.3, 0.4) is 0 Å². The van der Waals surface area contributed by atoms with Crippen LogP contribution in [0.1, 0.15) is 24.8 Å². The molecule has 21 heavy (non-hydrogen) atoms. The second kappa shape index (κ2) is 7.28. The number of aliphatic carboxylic acids is 1. The van der Waals surface area contributed by atoms with Crippen LogP contribution in [0.4, 0.5) is 0 Å². The van der Waals surface area contributed by atoms with Gasteiger partial charge in [-0.25, -0.2) is 0 Å². The van der Waals surface area contributed by atoms with E-state index in [2.05, 4.69) is 5.10 Å². The van der Waals surface area contributed by atoms with E-state index in [1.807, 2.05) is 36.4 Å². The maximum Gasteiger partial charge on any atom is 0.303 e. The number of unbranched alkanes of at least 4 members (excludes halogenated alkanes) is 1. The van der Waals surface area contributed by atoms with Crippen LogP contribution in [-0.4, -0.2) is 23.9 Å². The van der Waals surface area contributed by atoms with E-state index in [0.29, 0.717) is 13.0 Å². The summed E-state index contributed by atoms with van der Waals surface area (Å²) in [4.78, 5) is 10.4. The standard InChI is InChI=1S/C16H18N2O3/c17-18-11-12-4-5-14-10-15(7-6-13(14)9-12)21-8-2-1-3-16(19)20/h4-7,9-11H,1-3,8,17H2,(H,19,20). The predicted octanol–water partition coefficient (Wildman–Crippen LogP) is 2.77. The third kappa shape index (κ3) is 4.49. The Balaban J connectivity index is 1.96. The van der Waals surface area contributed by atoms with Crippen molar-refractivity contribution in [3.05, 3.63) is 42.0 Å². The molecule has 5 nitrogen and oxygen atoms in total. The van der Waals surface area contributed by atoms with Gasteiger partial charge in [-0.05, 0) is 47.4 Å². The Kier molecular flexibility index (Phi) is 5.15. The number of hydrogen-bond donors (Lipinski definition) is 2. The molecular formula is C16H18N2O3. The van der Waals surface area contributed by atoms with E-state index in [1.165, 1.54) is 0 Å². The van der Waals surface area contributed by atoms with Crippen LogP contribution in [0.25, 0.3) is 10.8 Å². The fraction of sp³-hybridized carbons (Fsp3) is 0.250. The molecule has 5 heteroatoms. The maximum atomic E-state index is 10.4. The molecule has 0 amide bonds. The first kappa shape index (κ1) is 14.8. The monoisotopic (exact) mass is 286 g/mol. The Morgan fingerprint density at radius 3 is 2.71 bits per heavy atom. The van der Waals surface area contributed by atoms with Gasteiger partial charge in [-0.1, -0.05) is 18.2 Å². The Morgan fingerprint density at radius 2 is 1.95 bits per heavy atom. The molecule has 0 spiro atoms. The lowest BCUT2D eigenvalue weighted by molar-refractivity contribution is -0.137. The van der Waals surface area contributed by atoms with E-state index in [4.69, 9.17) is 15.7 Å². The maximum absolute atomic E-state index is 10.4. The summed E-state index contributed by atoms with van der Waals surface area (Å²) in [6.07, 6.45) is 3.15. The topological polar surface area (TPSA) is 84.9 Å². The van der Waals surface area contributed by atoms with Crippen LogP contribution in [-0.2, 0) is 4.79 Å². The molecule has 0 bridgehead atoms. The molecule has 0 aromatic heterocycles. The van der Waals surface area contributed by atoms with E-state index in [1.54, 1.807) is 6.21 Å². The van der Waals surface area contributed by atoms with E-state index >= 15 is 0 Å². The molecule has 2 aromatic carbocycles. The number of carbonyl (C=O) groups is 1. The summed E-state index contributed by atoms with van der Waals surface area (Å²) in [5.41, 5.74) is 0.951. The number of fused-ring (bicyclic) bond motifs is 1. The van der Waals surface area contributed by atoms with Gasteiger partial charge in [-0.3, -0.25) is 4.79 Å². The van der Waals surface area contributed by atoms with Crippen molar-refractivity contribution in [2.45, 2.75) is 19.3 Å². The number of ether oxygens (including phenoxy) is 1. The van der Waals surface area contributed by atoms with Gasteiger partial charge in [0.1, 0.15) is 5.75 Å². The SMILES string of the molecule is NN=Cc1ccc2cc(OCCCCC(=O)O)ccc2c1. The lowest BCUT2D eigenvalue weighted by atomic mass is 10.1. The van der Waals surface area contributed by atoms with Crippen LogP contribution in [0.15, 0.2) is 41.5 Å². The van der Waals surface area contributed by atoms with Gasteiger partial charge < -0.3 is 15.7 Å². The quantitative estimate of drug-likeness (QED) is 0.355. The summed E-state index contributed by atoms with van der Waals surface area (Å²) in [5.74, 6) is 5.16. The predicted molar refractivity (Wildman–Crippen MR) is 82.7 cm³/mol. The van der Waals surface area contributed by atoms with Crippen molar-refractivity contribution < 1.29 is 14.6 Å². The molecule has 0 aliphatic carbocycles. The van der Waals surface area contributed by atoms with E-state index < -0.39 is 5.97 Å². The summed E-state index contributed by atoms with van der Waals surface area (Å²) in [7, 11) is 0. The average molecular weight is 286 g/mol. The highest BCUT2D eigenvalue weighted by molar-refractivity contribution is 5.91. The normalized spacial score (nSPS) is 11.0. The fourth-order valence-corrected chi connectivity index (χ4v) is 2.07. The summed E-state index contributed by atoms with van der Waals surface area (Å²) in [6, 6.07) is 11.8. The summed E-state index contributed by atoms with van der Waals surface area (Å²) < 4.78 is 5.63. The van der Waals surface area contributed by atoms with Crippen molar-refractivity contribution in [3.63, 3.8) is 0 Å². The molecule has 0 unspecified atom stereocenters. The van der Waals surface area contributed by atoms with E-state index in [-0.39, 0.29) is 6.42 Å². The second-order valence-electron chi connectivity index (χ2n) is 4.75. The molecule has 2 rings (SSSR count). The average Bonchev–Trinajstić information content (AvgIpc) is 2.47. The molecule has 0 aliphatic rings. The zero-order valence-corrected chi connectivity index (χ0v) is 11.7. The van der Waals surface area contributed by atoms with Crippen LogP contribution < -0.4 is 10.6 Å². The molecule has 0 heterocycles. The van der Waals surface area contributed by atoms with Gasteiger partial charge >= 0.3 is 5.97 Å². The molecule has 3 N–H and O–H groups in total. The van der Waals surface area contributed by atoms with Gasteiger partial charge in [-0.2, -0.15) is 5.10 Å². The van der Waals surface area contributed by atoms with Crippen molar-refractivity contribution in [2.24, 2.45) is 10.9 Å². The number of carboxylic acids is 1. The van der Waals surface area contributed by atoms with Crippen molar-refractivity contribution in [1.82, 2.24) is 0 Å². The molecule has 2 aromatic rings. The van der Waals surface area contributed by atoms with Crippen LogP contribution in [0.2, 0.25) is 0 Å². The number of nitrogens with two attached hydrogens (primary N) is 1. The number of hydrazone groups is 1. The van der Waals surface area contributed by atoms with Crippen LogP contribution >= 0.6 is 0 Å². The van der Waals surface area contributed by atoms with Gasteiger partial charge in [0.25, 0.3) is 0 Å². The lowest BCUT2D eigenvalue weighted by Gasteiger charge is -2.07. The van der Waals surface area contributed by atoms with Gasteiger partial charge in [0.15, 0.2) is 0 Å². The van der Waals surface area contributed by atoms with Crippen molar-refractivity contribution in [2.75, 3.05) is 6.61 Å². The Morgan fingerprint density at radius 1 is 1.19 bits per heavy atom. The minimum absolute atomic E-state index is 0.187. The van der Waals surface area contributed by atoms with Gasteiger partial charge in [0.05, 0.1) is 12.8 Å². The van der Waals surface area contributed by atoms with Crippen molar-refractivity contribution in [3.8, 4) is 5.75 Å². The summed E-state index contributed by atoms with van der Waals surface area (Å²) in [5, 5.41) is 14.2. The highest BCUT2D eigenvalue weighted by Crippen LogP contribution is 2.22. The first-order chi connectivity index (χ1) is 10.2. The first-order valence-corrected chi connectivity index (χ1v) is 6.81. The Bertz CT molecular complexity index is 653. The smallest absolute Gasteiger partial charge is 0.303 e. The highest BCUT2D eigenvalue weighted by Gasteiger charge is 2.00. The van der Waals surface area contributed by atoms with Crippen LogP contribution in [0, 0.1) is 0 Å². The lowest BCUT2D eigenvalue weighted by Crippen LogP contribution is -2.00. The van der Waals surface area contributed by atoms with Crippen molar-refractivity contribution >= 4 is 23.0 Å².